The largest absolute Gasteiger partial charge is 0.479 e. The standard InChI is InChI=1S/C13H23NO5/c1-13(2,3)6-8(15)7-14-11(16)9-4-5-10(19-9)12(17)18/h8-10,15H,4-7H2,1-3H3,(H,14,16)(H,17,18). The molecule has 1 aliphatic heterocycles. The van der Waals surface area contributed by atoms with Crippen molar-refractivity contribution < 1.29 is 24.5 Å². The molecule has 0 spiro atoms. The van der Waals surface area contributed by atoms with Crippen molar-refractivity contribution in [3.05, 3.63) is 0 Å². The van der Waals surface area contributed by atoms with E-state index in [-0.39, 0.29) is 17.9 Å². The van der Waals surface area contributed by atoms with Gasteiger partial charge in [0.1, 0.15) is 6.10 Å². The van der Waals surface area contributed by atoms with Gasteiger partial charge in [0.2, 0.25) is 5.91 Å². The van der Waals surface area contributed by atoms with Gasteiger partial charge in [0, 0.05) is 6.54 Å². The molecule has 19 heavy (non-hydrogen) atoms. The van der Waals surface area contributed by atoms with Crippen molar-refractivity contribution in [1.29, 1.82) is 0 Å². The van der Waals surface area contributed by atoms with Crippen molar-refractivity contribution in [3.8, 4) is 0 Å². The van der Waals surface area contributed by atoms with Gasteiger partial charge >= 0.3 is 5.97 Å². The second kappa shape index (κ2) is 6.34. The molecular formula is C13H23NO5. The van der Waals surface area contributed by atoms with Gasteiger partial charge < -0.3 is 20.3 Å². The Kier molecular flexibility index (Phi) is 5.31. The predicted molar refractivity (Wildman–Crippen MR) is 68.6 cm³/mol. The lowest BCUT2D eigenvalue weighted by atomic mass is 9.89. The third kappa shape index (κ3) is 5.57. The number of ether oxygens (including phenoxy) is 1. The highest BCUT2D eigenvalue weighted by Gasteiger charge is 2.34. The quantitative estimate of drug-likeness (QED) is 0.679. The maximum Gasteiger partial charge on any atom is 0.332 e. The van der Waals surface area contributed by atoms with Crippen LogP contribution in [0.3, 0.4) is 0 Å². The number of carboxylic acids is 1. The molecule has 1 aliphatic rings. The van der Waals surface area contributed by atoms with E-state index in [9.17, 15) is 14.7 Å². The Morgan fingerprint density at radius 2 is 1.89 bits per heavy atom. The van der Waals surface area contributed by atoms with Crippen LogP contribution in [-0.4, -0.2) is 46.9 Å². The minimum absolute atomic E-state index is 0.0115. The molecule has 0 aliphatic carbocycles. The van der Waals surface area contributed by atoms with E-state index in [1.807, 2.05) is 20.8 Å². The number of carboxylic acid groups (broad SMARTS) is 1. The molecule has 3 unspecified atom stereocenters. The summed E-state index contributed by atoms with van der Waals surface area (Å²) in [5.41, 5.74) is -0.0115. The lowest BCUT2D eigenvalue weighted by molar-refractivity contribution is -0.151. The predicted octanol–water partition coefficient (Wildman–Crippen LogP) is 0.532. The molecule has 6 heteroatoms. The molecule has 6 nitrogen and oxygen atoms in total. The summed E-state index contributed by atoms with van der Waals surface area (Å²) in [4.78, 5) is 22.4. The van der Waals surface area contributed by atoms with Crippen molar-refractivity contribution >= 4 is 11.9 Å². The van der Waals surface area contributed by atoms with Crippen LogP contribution in [0.4, 0.5) is 0 Å². The topological polar surface area (TPSA) is 95.9 Å². The fourth-order valence-corrected chi connectivity index (χ4v) is 2.12. The number of amides is 1. The molecular weight excluding hydrogens is 250 g/mol. The smallest absolute Gasteiger partial charge is 0.332 e. The van der Waals surface area contributed by atoms with Crippen molar-refractivity contribution in [2.75, 3.05) is 6.54 Å². The van der Waals surface area contributed by atoms with Crippen molar-refractivity contribution in [2.45, 2.75) is 58.3 Å². The average molecular weight is 273 g/mol. The number of hydrogen-bond donors (Lipinski definition) is 3. The van der Waals surface area contributed by atoms with E-state index in [1.165, 1.54) is 0 Å². The van der Waals surface area contributed by atoms with Crippen LogP contribution in [0.5, 0.6) is 0 Å². The highest BCUT2D eigenvalue weighted by atomic mass is 16.5. The number of rotatable bonds is 5. The molecule has 0 aromatic heterocycles. The summed E-state index contributed by atoms with van der Waals surface area (Å²) in [5, 5.41) is 21.1. The summed E-state index contributed by atoms with van der Waals surface area (Å²) in [5.74, 6) is -1.39. The first-order chi connectivity index (χ1) is 8.69. The van der Waals surface area contributed by atoms with Crippen LogP contribution in [-0.2, 0) is 14.3 Å². The minimum atomic E-state index is -1.04. The van der Waals surface area contributed by atoms with E-state index in [4.69, 9.17) is 9.84 Å². The number of aliphatic hydroxyl groups excluding tert-OH is 1. The van der Waals surface area contributed by atoms with E-state index in [0.717, 1.165) is 0 Å². The molecule has 1 heterocycles. The zero-order chi connectivity index (χ0) is 14.6. The van der Waals surface area contributed by atoms with Gasteiger partial charge in [-0.15, -0.1) is 0 Å². The van der Waals surface area contributed by atoms with Crippen LogP contribution in [0.2, 0.25) is 0 Å². The molecule has 0 radical (unpaired) electrons. The van der Waals surface area contributed by atoms with E-state index in [0.29, 0.717) is 19.3 Å². The minimum Gasteiger partial charge on any atom is -0.479 e. The number of carbonyl (C=O) groups excluding carboxylic acids is 1. The molecule has 110 valence electrons. The van der Waals surface area contributed by atoms with Gasteiger partial charge in [-0.3, -0.25) is 4.79 Å². The molecule has 0 saturated carbocycles. The normalized spacial score (nSPS) is 25.1. The maximum atomic E-state index is 11.7. The molecule has 0 aromatic rings. The Morgan fingerprint density at radius 1 is 1.32 bits per heavy atom. The average Bonchev–Trinajstić information content (AvgIpc) is 2.72. The summed E-state index contributed by atoms with van der Waals surface area (Å²) in [6.45, 7) is 6.19. The van der Waals surface area contributed by atoms with Crippen LogP contribution in [0, 0.1) is 5.41 Å². The van der Waals surface area contributed by atoms with Gasteiger partial charge in [-0.05, 0) is 24.7 Å². The highest BCUT2D eigenvalue weighted by Crippen LogP contribution is 2.21. The van der Waals surface area contributed by atoms with Crippen LogP contribution < -0.4 is 5.32 Å². The van der Waals surface area contributed by atoms with Gasteiger partial charge in [0.25, 0.3) is 0 Å². The van der Waals surface area contributed by atoms with E-state index in [2.05, 4.69) is 5.32 Å². The van der Waals surface area contributed by atoms with Crippen LogP contribution in [0.25, 0.3) is 0 Å². The first-order valence-corrected chi connectivity index (χ1v) is 6.53. The maximum absolute atomic E-state index is 11.7. The number of aliphatic carboxylic acids is 1. The Bertz CT molecular complexity index is 336. The first kappa shape index (κ1) is 15.9. The van der Waals surface area contributed by atoms with Crippen molar-refractivity contribution in [1.82, 2.24) is 5.32 Å². The lowest BCUT2D eigenvalue weighted by Gasteiger charge is -2.23. The monoisotopic (exact) mass is 273 g/mol. The van der Waals surface area contributed by atoms with Crippen molar-refractivity contribution in [2.24, 2.45) is 5.41 Å². The number of carbonyl (C=O) groups is 2. The van der Waals surface area contributed by atoms with Gasteiger partial charge in [-0.25, -0.2) is 4.79 Å². The molecule has 3 atom stereocenters. The number of aliphatic hydroxyl groups is 1. The van der Waals surface area contributed by atoms with Gasteiger partial charge in [0.05, 0.1) is 6.10 Å². The Hall–Kier alpha value is -1.14. The fraction of sp³-hybridized carbons (Fsp3) is 0.846. The molecule has 0 aromatic carbocycles. The van der Waals surface area contributed by atoms with Crippen molar-refractivity contribution in [3.63, 3.8) is 0 Å². The third-order valence-electron chi connectivity index (χ3n) is 2.95. The Morgan fingerprint density at radius 3 is 2.37 bits per heavy atom. The lowest BCUT2D eigenvalue weighted by Crippen LogP contribution is -2.40. The molecule has 1 rings (SSSR count). The van der Waals surface area contributed by atoms with Crippen LogP contribution in [0.15, 0.2) is 0 Å². The highest BCUT2D eigenvalue weighted by molar-refractivity contribution is 5.82. The molecule has 1 fully saturated rings. The summed E-state index contributed by atoms with van der Waals surface area (Å²) in [7, 11) is 0. The van der Waals surface area contributed by atoms with E-state index in [1.54, 1.807) is 0 Å². The summed E-state index contributed by atoms with van der Waals surface area (Å²) in [6, 6.07) is 0. The van der Waals surface area contributed by atoms with Gasteiger partial charge in [0.15, 0.2) is 6.10 Å². The van der Waals surface area contributed by atoms with Gasteiger partial charge in [-0.1, -0.05) is 20.8 Å². The first-order valence-electron chi connectivity index (χ1n) is 6.53. The van der Waals surface area contributed by atoms with Crippen LogP contribution >= 0.6 is 0 Å². The summed E-state index contributed by atoms with van der Waals surface area (Å²) >= 11 is 0. The molecule has 3 N–H and O–H groups in total. The summed E-state index contributed by atoms with van der Waals surface area (Å²) < 4.78 is 5.12. The number of hydrogen-bond acceptors (Lipinski definition) is 4. The zero-order valence-corrected chi connectivity index (χ0v) is 11.7. The zero-order valence-electron chi connectivity index (χ0n) is 11.7. The second-order valence-electron chi connectivity index (χ2n) is 6.19. The van der Waals surface area contributed by atoms with Gasteiger partial charge in [-0.2, -0.15) is 0 Å². The fourth-order valence-electron chi connectivity index (χ4n) is 2.12. The SMILES string of the molecule is CC(C)(C)CC(O)CNC(=O)C1CCC(C(=O)O)O1. The van der Waals surface area contributed by atoms with Crippen LogP contribution in [0.1, 0.15) is 40.0 Å². The number of nitrogens with one attached hydrogen (secondary N) is 1. The van der Waals surface area contributed by atoms with E-state index >= 15 is 0 Å². The molecule has 1 amide bonds. The molecule has 0 bridgehead atoms. The Balaban J connectivity index is 2.31. The third-order valence-corrected chi connectivity index (χ3v) is 2.95. The summed E-state index contributed by atoms with van der Waals surface area (Å²) in [6.07, 6.45) is -0.897. The Labute approximate surface area is 113 Å². The molecule has 1 saturated heterocycles. The second-order valence-corrected chi connectivity index (χ2v) is 6.19. The van der Waals surface area contributed by atoms with E-state index < -0.39 is 24.3 Å².